The molecule has 0 unspecified atom stereocenters. The van der Waals surface area contributed by atoms with Gasteiger partial charge in [0.15, 0.2) is 0 Å². The highest BCUT2D eigenvalue weighted by Gasteiger charge is 2.17. The quantitative estimate of drug-likeness (QED) is 0.618. The van der Waals surface area contributed by atoms with Gasteiger partial charge in [-0.15, -0.1) is 0 Å². The van der Waals surface area contributed by atoms with Crippen LogP contribution < -0.4 is 0 Å². The fraction of sp³-hybridized carbons (Fsp3) is 0.500. The molecule has 21 heavy (non-hydrogen) atoms. The number of carbonyl (C=O) groups excluding carboxylic acids is 2. The first kappa shape index (κ1) is 17.2. The lowest BCUT2D eigenvalue weighted by Crippen LogP contribution is -2.25. The molecule has 0 saturated heterocycles. The van der Waals surface area contributed by atoms with Crippen molar-refractivity contribution in [3.8, 4) is 0 Å². The van der Waals surface area contributed by atoms with Crippen LogP contribution in [-0.2, 0) is 20.8 Å². The van der Waals surface area contributed by atoms with Gasteiger partial charge in [-0.3, -0.25) is 9.63 Å². The Morgan fingerprint density at radius 1 is 1.14 bits per heavy atom. The first-order chi connectivity index (χ1) is 9.73. The summed E-state index contributed by atoms with van der Waals surface area (Å²) in [5.74, 6) is -0.432. The van der Waals surface area contributed by atoms with E-state index in [-0.39, 0.29) is 11.9 Å². The number of hydrogen-bond acceptors (Lipinski definition) is 4. The second-order valence-corrected chi connectivity index (χ2v) is 5.77. The Bertz CT molecular complexity index is 488. The van der Waals surface area contributed by atoms with E-state index in [0.29, 0.717) is 18.4 Å². The van der Waals surface area contributed by atoms with Crippen molar-refractivity contribution in [2.45, 2.75) is 39.2 Å². The summed E-state index contributed by atoms with van der Waals surface area (Å²) in [7, 11) is 3.03. The summed E-state index contributed by atoms with van der Waals surface area (Å²) in [5, 5.41) is 1.20. The molecule has 0 atom stereocenters. The summed E-state index contributed by atoms with van der Waals surface area (Å²) in [6, 6.07) is 7.10. The van der Waals surface area contributed by atoms with Gasteiger partial charge in [-0.1, -0.05) is 12.1 Å². The van der Waals surface area contributed by atoms with Crippen molar-refractivity contribution in [1.82, 2.24) is 5.06 Å². The first-order valence-corrected chi connectivity index (χ1v) is 6.86. The Labute approximate surface area is 125 Å². The van der Waals surface area contributed by atoms with E-state index in [2.05, 4.69) is 0 Å². The maximum atomic E-state index is 11.9. The highest BCUT2D eigenvalue weighted by molar-refractivity contribution is 5.89. The van der Waals surface area contributed by atoms with Crippen molar-refractivity contribution in [2.75, 3.05) is 14.2 Å². The average molecular weight is 293 g/mol. The monoisotopic (exact) mass is 293 g/mol. The molecular formula is C16H23NO4. The number of benzene rings is 1. The molecule has 0 aliphatic rings. The fourth-order valence-corrected chi connectivity index (χ4v) is 1.66. The lowest BCUT2D eigenvalue weighted by Gasteiger charge is -2.19. The highest BCUT2D eigenvalue weighted by Crippen LogP contribution is 2.13. The molecule has 0 spiro atoms. The maximum Gasteiger partial charge on any atom is 0.338 e. The van der Waals surface area contributed by atoms with Gasteiger partial charge in [0.2, 0.25) is 5.91 Å². The normalized spacial score (nSPS) is 11.1. The molecule has 0 heterocycles. The van der Waals surface area contributed by atoms with Crippen LogP contribution in [0.4, 0.5) is 0 Å². The molecule has 0 aromatic heterocycles. The van der Waals surface area contributed by atoms with Crippen LogP contribution in [0, 0.1) is 0 Å². The number of carbonyl (C=O) groups is 2. The van der Waals surface area contributed by atoms with E-state index in [1.807, 2.05) is 32.9 Å². The van der Waals surface area contributed by atoms with Crippen molar-refractivity contribution < 1.29 is 19.2 Å². The smallest absolute Gasteiger partial charge is 0.338 e. The minimum Gasteiger partial charge on any atom is -0.456 e. The van der Waals surface area contributed by atoms with Crippen LogP contribution in [0.15, 0.2) is 24.3 Å². The van der Waals surface area contributed by atoms with Gasteiger partial charge in [-0.05, 0) is 44.9 Å². The van der Waals surface area contributed by atoms with Crippen molar-refractivity contribution in [1.29, 1.82) is 0 Å². The zero-order chi connectivity index (χ0) is 16.0. The predicted molar refractivity (Wildman–Crippen MR) is 79.7 cm³/mol. The van der Waals surface area contributed by atoms with Gasteiger partial charge in [0.05, 0.1) is 12.7 Å². The number of nitrogens with zero attached hydrogens (tertiary/aromatic N) is 1. The summed E-state index contributed by atoms with van der Waals surface area (Å²) in [4.78, 5) is 28.3. The van der Waals surface area contributed by atoms with E-state index in [1.165, 1.54) is 12.2 Å². The van der Waals surface area contributed by atoms with Crippen LogP contribution in [0.25, 0.3) is 0 Å². The van der Waals surface area contributed by atoms with Crippen LogP contribution in [0.2, 0.25) is 0 Å². The first-order valence-electron chi connectivity index (χ1n) is 6.86. The van der Waals surface area contributed by atoms with Crippen LogP contribution in [0.3, 0.4) is 0 Å². The van der Waals surface area contributed by atoms with E-state index < -0.39 is 5.60 Å². The molecule has 1 amide bonds. The van der Waals surface area contributed by atoms with Crippen LogP contribution >= 0.6 is 0 Å². The van der Waals surface area contributed by atoms with E-state index in [0.717, 1.165) is 5.56 Å². The Hall–Kier alpha value is -1.88. The Balaban J connectivity index is 2.58. The summed E-state index contributed by atoms with van der Waals surface area (Å²) in [5.41, 5.74) is 0.988. The molecule has 0 aliphatic heterocycles. The second kappa shape index (κ2) is 7.22. The Kier molecular flexibility index (Phi) is 5.90. The number of aryl methyl sites for hydroxylation is 1. The van der Waals surface area contributed by atoms with Crippen LogP contribution in [-0.4, -0.2) is 36.7 Å². The number of hydroxylamine groups is 2. The molecule has 0 radical (unpaired) electrons. The zero-order valence-corrected chi connectivity index (χ0v) is 13.3. The average Bonchev–Trinajstić information content (AvgIpc) is 2.42. The minimum absolute atomic E-state index is 0.0891. The molecule has 1 rings (SSSR count). The Morgan fingerprint density at radius 2 is 1.71 bits per heavy atom. The van der Waals surface area contributed by atoms with Gasteiger partial charge in [0.1, 0.15) is 5.60 Å². The topological polar surface area (TPSA) is 55.8 Å². The zero-order valence-electron chi connectivity index (χ0n) is 13.3. The molecular weight excluding hydrogens is 270 g/mol. The molecule has 116 valence electrons. The fourth-order valence-electron chi connectivity index (χ4n) is 1.66. The molecule has 0 N–H and O–H groups in total. The van der Waals surface area contributed by atoms with Gasteiger partial charge in [0.25, 0.3) is 0 Å². The predicted octanol–water partition coefficient (Wildman–Crippen LogP) is 2.59. The number of amides is 1. The molecule has 0 bridgehead atoms. The summed E-state index contributed by atoms with van der Waals surface area (Å²) < 4.78 is 5.29. The molecule has 5 heteroatoms. The molecule has 0 fully saturated rings. The number of rotatable bonds is 5. The van der Waals surface area contributed by atoms with Gasteiger partial charge >= 0.3 is 5.97 Å². The third-order valence-electron chi connectivity index (χ3n) is 2.84. The number of hydrogen-bond donors (Lipinski definition) is 0. The van der Waals surface area contributed by atoms with E-state index >= 15 is 0 Å². The van der Waals surface area contributed by atoms with Gasteiger partial charge in [-0.25, -0.2) is 9.86 Å². The summed E-state index contributed by atoms with van der Waals surface area (Å²) in [6.07, 6.45) is 0.956. The van der Waals surface area contributed by atoms with E-state index in [1.54, 1.807) is 19.2 Å². The van der Waals surface area contributed by atoms with Crippen molar-refractivity contribution >= 4 is 11.9 Å². The molecule has 0 saturated carbocycles. The van der Waals surface area contributed by atoms with E-state index in [4.69, 9.17) is 9.57 Å². The van der Waals surface area contributed by atoms with Crippen molar-refractivity contribution in [3.05, 3.63) is 35.4 Å². The maximum absolute atomic E-state index is 11.9. The molecule has 5 nitrogen and oxygen atoms in total. The molecule has 1 aromatic rings. The van der Waals surface area contributed by atoms with Crippen molar-refractivity contribution in [3.63, 3.8) is 0 Å². The summed E-state index contributed by atoms with van der Waals surface area (Å²) >= 11 is 0. The molecule has 0 aliphatic carbocycles. The highest BCUT2D eigenvalue weighted by atomic mass is 16.7. The van der Waals surface area contributed by atoms with Gasteiger partial charge in [0, 0.05) is 13.5 Å². The van der Waals surface area contributed by atoms with Crippen LogP contribution in [0.1, 0.15) is 43.1 Å². The number of ether oxygens (including phenoxy) is 1. The minimum atomic E-state index is -0.507. The third kappa shape index (κ3) is 5.95. The molecule has 1 aromatic carbocycles. The lowest BCUT2D eigenvalue weighted by atomic mass is 10.1. The standard InChI is InChI=1S/C16H23NO4/c1-16(2,3)21-15(19)13-9-6-12(7-10-13)8-11-14(18)17(4)20-5/h6-7,9-10H,8,11H2,1-5H3. The van der Waals surface area contributed by atoms with Gasteiger partial charge < -0.3 is 4.74 Å². The van der Waals surface area contributed by atoms with Gasteiger partial charge in [-0.2, -0.15) is 0 Å². The Morgan fingerprint density at radius 3 is 2.19 bits per heavy atom. The third-order valence-corrected chi connectivity index (χ3v) is 2.84. The lowest BCUT2D eigenvalue weighted by molar-refractivity contribution is -0.168. The second-order valence-electron chi connectivity index (χ2n) is 5.77. The SMILES string of the molecule is CON(C)C(=O)CCc1ccc(C(=O)OC(C)(C)C)cc1. The number of esters is 1. The largest absolute Gasteiger partial charge is 0.456 e. The van der Waals surface area contributed by atoms with Crippen molar-refractivity contribution in [2.24, 2.45) is 0 Å². The summed E-state index contributed by atoms with van der Waals surface area (Å²) in [6.45, 7) is 5.49. The van der Waals surface area contributed by atoms with Crippen LogP contribution in [0.5, 0.6) is 0 Å². The van der Waals surface area contributed by atoms with E-state index in [9.17, 15) is 9.59 Å².